The maximum absolute atomic E-state index is 12.7. The largest absolute Gasteiger partial charge is 0.497 e. The van der Waals surface area contributed by atoms with Gasteiger partial charge in [-0.1, -0.05) is 0 Å². The molecule has 0 radical (unpaired) electrons. The lowest BCUT2D eigenvalue weighted by Crippen LogP contribution is -2.41. The van der Waals surface area contributed by atoms with Crippen molar-refractivity contribution >= 4 is 16.8 Å². The van der Waals surface area contributed by atoms with E-state index in [9.17, 15) is 9.90 Å². The van der Waals surface area contributed by atoms with Gasteiger partial charge < -0.3 is 19.3 Å². The minimum Gasteiger partial charge on any atom is -0.497 e. The molecular formula is C19H26N2O3. The molecule has 5 heteroatoms. The summed E-state index contributed by atoms with van der Waals surface area (Å²) in [6.07, 6.45) is 5.93. The fourth-order valence-corrected chi connectivity index (χ4v) is 3.62. The number of carbonyl (C=O) groups excluding carboxylic acids is 1. The van der Waals surface area contributed by atoms with Crippen molar-refractivity contribution in [2.75, 3.05) is 20.8 Å². The average molecular weight is 330 g/mol. The Balaban J connectivity index is 1.66. The Labute approximate surface area is 142 Å². The summed E-state index contributed by atoms with van der Waals surface area (Å²) in [5.41, 5.74) is 1.04. The quantitative estimate of drug-likeness (QED) is 0.917. The van der Waals surface area contributed by atoms with E-state index in [1.165, 1.54) is 0 Å². The third kappa shape index (κ3) is 3.41. The highest BCUT2D eigenvalue weighted by molar-refractivity contribution is 5.84. The van der Waals surface area contributed by atoms with Gasteiger partial charge in [-0.2, -0.15) is 0 Å². The van der Waals surface area contributed by atoms with Crippen molar-refractivity contribution in [1.82, 2.24) is 9.47 Å². The van der Waals surface area contributed by atoms with E-state index >= 15 is 0 Å². The topological polar surface area (TPSA) is 54.7 Å². The van der Waals surface area contributed by atoms with Crippen LogP contribution in [0.2, 0.25) is 0 Å². The number of ether oxygens (including phenoxy) is 1. The molecule has 1 aromatic carbocycles. The van der Waals surface area contributed by atoms with Gasteiger partial charge in [0.05, 0.1) is 7.11 Å². The van der Waals surface area contributed by atoms with Crippen molar-refractivity contribution in [3.63, 3.8) is 0 Å². The van der Waals surface area contributed by atoms with Crippen LogP contribution in [-0.2, 0) is 11.3 Å². The monoisotopic (exact) mass is 330 g/mol. The fourth-order valence-electron chi connectivity index (χ4n) is 3.62. The van der Waals surface area contributed by atoms with Crippen LogP contribution in [0, 0.1) is 5.92 Å². The van der Waals surface area contributed by atoms with E-state index in [2.05, 4.69) is 0 Å². The van der Waals surface area contributed by atoms with Crippen molar-refractivity contribution in [3.05, 3.63) is 30.5 Å². The van der Waals surface area contributed by atoms with Gasteiger partial charge in [-0.15, -0.1) is 0 Å². The summed E-state index contributed by atoms with van der Waals surface area (Å²) in [4.78, 5) is 14.6. The maximum atomic E-state index is 12.7. The van der Waals surface area contributed by atoms with Crippen molar-refractivity contribution in [3.8, 4) is 5.75 Å². The third-order valence-electron chi connectivity index (χ3n) is 5.30. The van der Waals surface area contributed by atoms with Gasteiger partial charge in [0.2, 0.25) is 5.91 Å². The van der Waals surface area contributed by atoms with E-state index in [0.717, 1.165) is 42.3 Å². The molecular weight excluding hydrogens is 304 g/mol. The summed E-state index contributed by atoms with van der Waals surface area (Å²) >= 11 is 0. The number of aliphatic hydroxyl groups is 1. The Morgan fingerprint density at radius 2 is 2.04 bits per heavy atom. The van der Waals surface area contributed by atoms with Gasteiger partial charge in [-0.3, -0.25) is 4.79 Å². The Kier molecular flexibility index (Phi) is 5.09. The first-order valence-electron chi connectivity index (χ1n) is 8.61. The molecule has 1 aromatic heterocycles. The lowest BCUT2D eigenvalue weighted by Gasteiger charge is -2.34. The standard InChI is InChI=1S/C19H26N2O3/c1-20(16-5-3-14(13-22)4-6-16)19(23)12-21-10-9-15-11-17(24-2)7-8-18(15)21/h7-11,14,16,22H,3-6,12-13H2,1-2H3. The second-order valence-corrected chi connectivity index (χ2v) is 6.73. The average Bonchev–Trinajstić information content (AvgIpc) is 3.03. The Morgan fingerprint density at radius 1 is 1.29 bits per heavy atom. The maximum Gasteiger partial charge on any atom is 0.242 e. The van der Waals surface area contributed by atoms with Gasteiger partial charge in [0.1, 0.15) is 12.3 Å². The molecule has 0 saturated heterocycles. The first-order chi connectivity index (χ1) is 11.6. The van der Waals surface area contributed by atoms with Crippen molar-refractivity contribution in [2.45, 2.75) is 38.3 Å². The molecule has 130 valence electrons. The molecule has 2 aromatic rings. The number of carbonyl (C=O) groups is 1. The highest BCUT2D eigenvalue weighted by Gasteiger charge is 2.26. The summed E-state index contributed by atoms with van der Waals surface area (Å²) in [6, 6.07) is 8.20. The number of methoxy groups -OCH3 is 1. The van der Waals surface area contributed by atoms with Crippen molar-refractivity contribution in [1.29, 1.82) is 0 Å². The predicted octanol–water partition coefficient (Wildman–Crippen LogP) is 2.66. The lowest BCUT2D eigenvalue weighted by atomic mass is 9.86. The number of hydrogen-bond donors (Lipinski definition) is 1. The highest BCUT2D eigenvalue weighted by Crippen LogP contribution is 2.27. The van der Waals surface area contributed by atoms with Crippen LogP contribution in [0.1, 0.15) is 25.7 Å². The zero-order valence-corrected chi connectivity index (χ0v) is 14.4. The van der Waals surface area contributed by atoms with Crippen LogP contribution < -0.4 is 4.74 Å². The van der Waals surface area contributed by atoms with E-state index < -0.39 is 0 Å². The number of amides is 1. The van der Waals surface area contributed by atoms with E-state index in [1.54, 1.807) is 7.11 Å². The van der Waals surface area contributed by atoms with E-state index in [-0.39, 0.29) is 12.5 Å². The molecule has 1 aliphatic carbocycles. The van der Waals surface area contributed by atoms with Gasteiger partial charge >= 0.3 is 0 Å². The Morgan fingerprint density at radius 3 is 2.71 bits per heavy atom. The zero-order chi connectivity index (χ0) is 17.1. The highest BCUT2D eigenvalue weighted by atomic mass is 16.5. The number of rotatable bonds is 5. The smallest absolute Gasteiger partial charge is 0.242 e. The summed E-state index contributed by atoms with van der Waals surface area (Å²) in [5.74, 6) is 1.37. The normalized spacial score (nSPS) is 21.0. The minimum absolute atomic E-state index is 0.135. The molecule has 0 spiro atoms. The van der Waals surface area contributed by atoms with Crippen molar-refractivity contribution in [2.24, 2.45) is 5.92 Å². The molecule has 24 heavy (non-hydrogen) atoms. The second-order valence-electron chi connectivity index (χ2n) is 6.73. The summed E-state index contributed by atoms with van der Waals surface area (Å²) < 4.78 is 7.24. The number of nitrogens with zero attached hydrogens (tertiary/aromatic N) is 2. The molecule has 0 aliphatic heterocycles. The van der Waals surface area contributed by atoms with Crippen LogP contribution in [-0.4, -0.2) is 47.3 Å². The van der Waals surface area contributed by atoms with Gasteiger partial charge in [0.15, 0.2) is 0 Å². The summed E-state index contributed by atoms with van der Waals surface area (Å²) in [7, 11) is 3.56. The van der Waals surface area contributed by atoms with Crippen molar-refractivity contribution < 1.29 is 14.6 Å². The van der Waals surface area contributed by atoms with E-state index in [1.807, 2.05) is 47.0 Å². The second kappa shape index (κ2) is 7.26. The van der Waals surface area contributed by atoms with Crippen LogP contribution in [0.25, 0.3) is 10.9 Å². The van der Waals surface area contributed by atoms with E-state index in [0.29, 0.717) is 18.5 Å². The molecule has 1 fully saturated rings. The van der Waals surface area contributed by atoms with Crippen LogP contribution in [0.5, 0.6) is 5.75 Å². The summed E-state index contributed by atoms with van der Waals surface area (Å²) in [5, 5.41) is 10.3. The van der Waals surface area contributed by atoms with Crippen LogP contribution in [0.3, 0.4) is 0 Å². The third-order valence-corrected chi connectivity index (χ3v) is 5.30. The molecule has 0 atom stereocenters. The molecule has 1 aliphatic rings. The first-order valence-corrected chi connectivity index (χ1v) is 8.61. The molecule has 1 amide bonds. The molecule has 0 bridgehead atoms. The number of fused-ring (bicyclic) bond motifs is 1. The number of likely N-dealkylation sites (N-methyl/N-ethyl adjacent to an activating group) is 1. The summed E-state index contributed by atoms with van der Waals surface area (Å²) in [6.45, 7) is 0.620. The molecule has 3 rings (SSSR count). The zero-order valence-electron chi connectivity index (χ0n) is 14.4. The molecule has 1 heterocycles. The molecule has 0 unspecified atom stereocenters. The lowest BCUT2D eigenvalue weighted by molar-refractivity contribution is -0.133. The number of aromatic nitrogens is 1. The van der Waals surface area contributed by atoms with Gasteiger partial charge in [-0.05, 0) is 55.9 Å². The van der Waals surface area contributed by atoms with E-state index in [4.69, 9.17) is 4.74 Å². The minimum atomic E-state index is 0.135. The number of hydrogen-bond acceptors (Lipinski definition) is 3. The van der Waals surface area contributed by atoms with Gasteiger partial charge in [0.25, 0.3) is 0 Å². The van der Waals surface area contributed by atoms with Gasteiger partial charge in [-0.25, -0.2) is 0 Å². The fraction of sp³-hybridized carbons (Fsp3) is 0.526. The number of benzene rings is 1. The van der Waals surface area contributed by atoms with Gasteiger partial charge in [0, 0.05) is 36.8 Å². The molecule has 5 nitrogen and oxygen atoms in total. The Bertz CT molecular complexity index is 702. The molecule has 1 saturated carbocycles. The van der Waals surface area contributed by atoms with Crippen LogP contribution in [0.4, 0.5) is 0 Å². The SMILES string of the molecule is COc1ccc2c(ccn2CC(=O)N(C)C2CCC(CO)CC2)c1. The predicted molar refractivity (Wildman–Crippen MR) is 94.1 cm³/mol. The first kappa shape index (κ1) is 16.8. The Hall–Kier alpha value is -2.01. The molecule has 1 N–H and O–H groups in total. The van der Waals surface area contributed by atoms with Crippen LogP contribution in [0.15, 0.2) is 30.5 Å². The van der Waals surface area contributed by atoms with Crippen LogP contribution >= 0.6 is 0 Å². The number of aliphatic hydroxyl groups excluding tert-OH is 1.